The molecule has 0 bridgehead atoms. The van der Waals surface area contributed by atoms with Crippen molar-refractivity contribution in [3.8, 4) is 11.4 Å². The minimum atomic E-state index is 0.812. The second kappa shape index (κ2) is 4.38. The van der Waals surface area contributed by atoms with E-state index in [1.807, 2.05) is 43.3 Å². The molecule has 0 radical (unpaired) electrons. The number of hydrogen-bond donors (Lipinski definition) is 0. The van der Waals surface area contributed by atoms with Crippen LogP contribution in [0.4, 0.5) is 0 Å². The molecule has 0 amide bonds. The Hall–Kier alpha value is -2.75. The Balaban J connectivity index is 2.19. The Labute approximate surface area is 122 Å². The molecule has 2 aromatic heterocycles. The number of fused-ring (bicyclic) bond motifs is 3. The highest BCUT2D eigenvalue weighted by atomic mass is 15.3. The standard InChI is InChI=1S/C17H14N4/c1-11-8-9-14-15(10-11)21-16(12(2)18-14)19-20-17(21)13-6-4-3-5-7-13/h3-10H,1-2H3. The Morgan fingerprint density at radius 2 is 1.71 bits per heavy atom. The maximum Gasteiger partial charge on any atom is 0.183 e. The van der Waals surface area contributed by atoms with Crippen molar-refractivity contribution < 1.29 is 0 Å². The van der Waals surface area contributed by atoms with Crippen molar-refractivity contribution in [2.75, 3.05) is 0 Å². The van der Waals surface area contributed by atoms with E-state index in [1.54, 1.807) is 0 Å². The molecule has 2 aromatic carbocycles. The van der Waals surface area contributed by atoms with Crippen LogP contribution in [0.1, 0.15) is 11.3 Å². The first-order valence-electron chi connectivity index (χ1n) is 6.91. The average Bonchev–Trinajstić information content (AvgIpc) is 2.95. The summed E-state index contributed by atoms with van der Waals surface area (Å²) in [4.78, 5) is 4.63. The summed E-state index contributed by atoms with van der Waals surface area (Å²) in [7, 11) is 0. The van der Waals surface area contributed by atoms with E-state index in [0.717, 1.165) is 33.8 Å². The second-order valence-electron chi connectivity index (χ2n) is 5.24. The van der Waals surface area contributed by atoms with Gasteiger partial charge in [-0.05, 0) is 31.5 Å². The van der Waals surface area contributed by atoms with Crippen molar-refractivity contribution in [2.24, 2.45) is 0 Å². The SMILES string of the molecule is Cc1ccc2nc(C)c3nnc(-c4ccccc4)n3c2c1. The predicted molar refractivity (Wildman–Crippen MR) is 83.2 cm³/mol. The molecule has 0 fully saturated rings. The van der Waals surface area contributed by atoms with Crippen LogP contribution in [-0.2, 0) is 0 Å². The fraction of sp³-hybridized carbons (Fsp3) is 0.118. The quantitative estimate of drug-likeness (QED) is 0.533. The number of benzene rings is 2. The third-order valence-corrected chi connectivity index (χ3v) is 3.68. The van der Waals surface area contributed by atoms with Gasteiger partial charge in [-0.1, -0.05) is 36.4 Å². The van der Waals surface area contributed by atoms with E-state index in [4.69, 9.17) is 0 Å². The van der Waals surface area contributed by atoms with Gasteiger partial charge in [-0.25, -0.2) is 4.98 Å². The van der Waals surface area contributed by atoms with Gasteiger partial charge in [-0.15, -0.1) is 10.2 Å². The first kappa shape index (κ1) is 12.0. The summed E-state index contributed by atoms with van der Waals surface area (Å²) in [5.74, 6) is 0.853. The van der Waals surface area contributed by atoms with Crippen LogP contribution in [-0.4, -0.2) is 19.6 Å². The molecule has 21 heavy (non-hydrogen) atoms. The number of aryl methyl sites for hydroxylation is 2. The molecule has 4 heteroatoms. The van der Waals surface area contributed by atoms with Crippen LogP contribution < -0.4 is 0 Å². The van der Waals surface area contributed by atoms with Gasteiger partial charge in [-0.3, -0.25) is 4.40 Å². The van der Waals surface area contributed by atoms with Crippen molar-refractivity contribution in [1.29, 1.82) is 0 Å². The minimum Gasteiger partial charge on any atom is -0.272 e. The van der Waals surface area contributed by atoms with Gasteiger partial charge in [0.15, 0.2) is 11.5 Å². The van der Waals surface area contributed by atoms with Crippen LogP contribution in [0, 0.1) is 13.8 Å². The van der Waals surface area contributed by atoms with E-state index in [-0.39, 0.29) is 0 Å². The Morgan fingerprint density at radius 1 is 0.905 bits per heavy atom. The smallest absolute Gasteiger partial charge is 0.183 e. The van der Waals surface area contributed by atoms with Gasteiger partial charge in [-0.2, -0.15) is 0 Å². The highest BCUT2D eigenvalue weighted by Gasteiger charge is 2.14. The van der Waals surface area contributed by atoms with Gasteiger partial charge >= 0.3 is 0 Å². The monoisotopic (exact) mass is 274 g/mol. The lowest BCUT2D eigenvalue weighted by Gasteiger charge is -2.07. The van der Waals surface area contributed by atoms with Crippen molar-refractivity contribution in [3.05, 3.63) is 59.8 Å². The van der Waals surface area contributed by atoms with Gasteiger partial charge in [0.1, 0.15) is 0 Å². The molecule has 0 N–H and O–H groups in total. The van der Waals surface area contributed by atoms with Crippen LogP contribution in [0.5, 0.6) is 0 Å². The van der Waals surface area contributed by atoms with Gasteiger partial charge in [0.25, 0.3) is 0 Å². The summed E-state index contributed by atoms with van der Waals surface area (Å²) < 4.78 is 2.10. The van der Waals surface area contributed by atoms with Crippen LogP contribution >= 0.6 is 0 Å². The van der Waals surface area contributed by atoms with Crippen LogP contribution in [0.3, 0.4) is 0 Å². The van der Waals surface area contributed by atoms with Crippen LogP contribution in [0.2, 0.25) is 0 Å². The second-order valence-corrected chi connectivity index (χ2v) is 5.24. The molecular formula is C17H14N4. The highest BCUT2D eigenvalue weighted by Crippen LogP contribution is 2.24. The van der Waals surface area contributed by atoms with Crippen molar-refractivity contribution >= 4 is 16.7 Å². The largest absolute Gasteiger partial charge is 0.272 e. The first-order chi connectivity index (χ1) is 10.2. The fourth-order valence-corrected chi connectivity index (χ4v) is 2.66. The maximum atomic E-state index is 4.63. The summed E-state index contributed by atoms with van der Waals surface area (Å²) in [6, 6.07) is 16.4. The minimum absolute atomic E-state index is 0.812. The molecule has 2 heterocycles. The normalized spacial score (nSPS) is 11.3. The zero-order valence-corrected chi connectivity index (χ0v) is 11.9. The van der Waals surface area contributed by atoms with Crippen molar-refractivity contribution in [3.63, 3.8) is 0 Å². The lowest BCUT2D eigenvalue weighted by molar-refractivity contribution is 1.11. The molecule has 0 aliphatic carbocycles. The number of aromatic nitrogens is 4. The Morgan fingerprint density at radius 3 is 2.52 bits per heavy atom. The van der Waals surface area contributed by atoms with E-state index in [9.17, 15) is 0 Å². The van der Waals surface area contributed by atoms with E-state index < -0.39 is 0 Å². The molecule has 0 saturated heterocycles. The maximum absolute atomic E-state index is 4.63. The van der Waals surface area contributed by atoms with Crippen LogP contribution in [0.25, 0.3) is 28.1 Å². The van der Waals surface area contributed by atoms with E-state index in [2.05, 4.69) is 38.6 Å². The molecule has 102 valence electrons. The highest BCUT2D eigenvalue weighted by molar-refractivity contribution is 5.81. The zero-order chi connectivity index (χ0) is 14.4. The van der Waals surface area contributed by atoms with E-state index >= 15 is 0 Å². The molecule has 4 aromatic rings. The van der Waals surface area contributed by atoms with E-state index in [0.29, 0.717) is 0 Å². The number of nitrogens with zero attached hydrogens (tertiary/aromatic N) is 4. The topological polar surface area (TPSA) is 43.1 Å². The average molecular weight is 274 g/mol. The Kier molecular flexibility index (Phi) is 2.51. The van der Waals surface area contributed by atoms with Gasteiger partial charge < -0.3 is 0 Å². The molecule has 0 aliphatic rings. The molecule has 0 saturated carbocycles. The fourth-order valence-electron chi connectivity index (χ4n) is 2.66. The first-order valence-corrected chi connectivity index (χ1v) is 6.91. The predicted octanol–water partition coefficient (Wildman–Crippen LogP) is 3.56. The van der Waals surface area contributed by atoms with Gasteiger partial charge in [0.05, 0.1) is 16.7 Å². The molecule has 0 aliphatic heterocycles. The van der Waals surface area contributed by atoms with Crippen LogP contribution in [0.15, 0.2) is 48.5 Å². The summed E-state index contributed by atoms with van der Waals surface area (Å²) >= 11 is 0. The molecule has 0 unspecified atom stereocenters. The molecule has 0 spiro atoms. The van der Waals surface area contributed by atoms with Gasteiger partial charge in [0.2, 0.25) is 0 Å². The van der Waals surface area contributed by atoms with Gasteiger partial charge in [0, 0.05) is 5.56 Å². The summed E-state index contributed by atoms with van der Waals surface area (Å²) in [6.07, 6.45) is 0. The Bertz CT molecular complexity index is 955. The third-order valence-electron chi connectivity index (χ3n) is 3.68. The molecule has 4 nitrogen and oxygen atoms in total. The lowest BCUT2D eigenvalue weighted by atomic mass is 10.2. The number of hydrogen-bond acceptors (Lipinski definition) is 3. The third kappa shape index (κ3) is 1.80. The summed E-state index contributed by atoms with van der Waals surface area (Å²) in [5, 5.41) is 8.70. The van der Waals surface area contributed by atoms with Crippen molar-refractivity contribution in [1.82, 2.24) is 19.6 Å². The molecule has 4 rings (SSSR count). The zero-order valence-electron chi connectivity index (χ0n) is 11.9. The number of rotatable bonds is 1. The molecular weight excluding hydrogens is 260 g/mol. The lowest BCUT2D eigenvalue weighted by Crippen LogP contribution is -1.97. The summed E-state index contributed by atoms with van der Waals surface area (Å²) in [5.41, 5.74) is 5.95. The molecule has 0 atom stereocenters. The van der Waals surface area contributed by atoms with Crippen molar-refractivity contribution in [2.45, 2.75) is 13.8 Å². The summed E-state index contributed by atoms with van der Waals surface area (Å²) in [6.45, 7) is 4.05. The van der Waals surface area contributed by atoms with E-state index in [1.165, 1.54) is 5.56 Å².